The van der Waals surface area contributed by atoms with Crippen molar-refractivity contribution in [1.82, 2.24) is 39.5 Å². The number of benzene rings is 2. The van der Waals surface area contributed by atoms with Crippen molar-refractivity contribution in [3.8, 4) is 23.8 Å². The quantitative estimate of drug-likeness (QED) is 0.194. The predicted molar refractivity (Wildman–Crippen MR) is 182 cm³/mol. The lowest BCUT2D eigenvalue weighted by atomic mass is 10.0. The summed E-state index contributed by atoms with van der Waals surface area (Å²) in [5, 5.41) is 15.8. The molecule has 2 aromatic carbocycles. The first-order chi connectivity index (χ1) is 23.9. The Bertz CT molecular complexity index is 1930. The number of rotatable bonds is 11. The number of pyridine rings is 1. The molecule has 252 valence electrons. The number of terminal acetylenes is 1. The zero-order chi connectivity index (χ0) is 33.8. The van der Waals surface area contributed by atoms with Gasteiger partial charge in [-0.1, -0.05) is 25.0 Å². The van der Waals surface area contributed by atoms with Crippen molar-refractivity contribution in [2.45, 2.75) is 44.7 Å². The van der Waals surface area contributed by atoms with E-state index in [0.717, 1.165) is 60.9 Å². The molecule has 0 amide bonds. The number of aromatic nitrogens is 8. The summed E-state index contributed by atoms with van der Waals surface area (Å²) >= 11 is 0. The maximum atomic E-state index is 12.8. The first-order valence-corrected chi connectivity index (χ1v) is 16.4. The van der Waals surface area contributed by atoms with Gasteiger partial charge in [-0.25, -0.2) is 23.7 Å². The maximum absolute atomic E-state index is 12.8. The Hall–Kier alpha value is -5.52. The fourth-order valence-corrected chi connectivity index (χ4v) is 6.08. The Balaban J connectivity index is 0.920. The minimum absolute atomic E-state index is 0.0607. The van der Waals surface area contributed by atoms with Crippen LogP contribution in [0.25, 0.3) is 5.69 Å². The highest BCUT2D eigenvalue weighted by atomic mass is 16.8. The van der Waals surface area contributed by atoms with Gasteiger partial charge in [-0.2, -0.15) is 5.10 Å². The lowest BCUT2D eigenvalue weighted by Gasteiger charge is -2.36. The highest BCUT2D eigenvalue weighted by Gasteiger charge is 2.44. The molecule has 1 unspecified atom stereocenters. The minimum Gasteiger partial charge on any atom is -0.489 e. The van der Waals surface area contributed by atoms with Crippen LogP contribution < -0.4 is 20.2 Å². The van der Waals surface area contributed by atoms with Crippen molar-refractivity contribution >= 4 is 11.5 Å². The van der Waals surface area contributed by atoms with Gasteiger partial charge < -0.3 is 24.0 Å². The molecule has 0 saturated carbocycles. The summed E-state index contributed by atoms with van der Waals surface area (Å²) in [7, 11) is 0. The molecule has 2 fully saturated rings. The number of tetrazole rings is 1. The van der Waals surface area contributed by atoms with Crippen LogP contribution in [0.4, 0.5) is 11.5 Å². The van der Waals surface area contributed by atoms with E-state index in [1.165, 1.54) is 11.0 Å². The average Bonchev–Trinajstić information content (AvgIpc) is 3.92. The largest absolute Gasteiger partial charge is 0.489 e. The van der Waals surface area contributed by atoms with Crippen LogP contribution in [0.2, 0.25) is 0 Å². The van der Waals surface area contributed by atoms with Gasteiger partial charge in [0.1, 0.15) is 43.5 Å². The molecule has 2 saturated heterocycles. The van der Waals surface area contributed by atoms with Crippen molar-refractivity contribution in [2.24, 2.45) is 0 Å². The third kappa shape index (κ3) is 6.76. The normalized spacial score (nSPS) is 19.9. The minimum atomic E-state index is -1.08. The fraction of sp³-hybridized carbons (Fsp3) is 0.371. The van der Waals surface area contributed by atoms with E-state index in [0.29, 0.717) is 12.4 Å². The van der Waals surface area contributed by atoms with Crippen LogP contribution in [0, 0.1) is 12.3 Å². The summed E-state index contributed by atoms with van der Waals surface area (Å²) in [5.74, 6) is 3.10. The van der Waals surface area contributed by atoms with Crippen LogP contribution in [-0.2, 0) is 21.8 Å². The Morgan fingerprint density at radius 1 is 1.00 bits per heavy atom. The molecule has 14 heteroatoms. The zero-order valence-corrected chi connectivity index (χ0v) is 27.5. The van der Waals surface area contributed by atoms with Gasteiger partial charge in [0.25, 0.3) is 0 Å². The predicted octanol–water partition coefficient (Wildman–Crippen LogP) is 3.04. The molecule has 14 nitrogen and oxygen atoms in total. The molecule has 0 N–H and O–H groups in total. The molecule has 2 aliphatic heterocycles. The van der Waals surface area contributed by atoms with E-state index >= 15 is 0 Å². The number of ether oxygens (including phenoxy) is 3. The van der Waals surface area contributed by atoms with Crippen LogP contribution in [0.5, 0.6) is 5.75 Å². The maximum Gasteiger partial charge on any atom is 0.350 e. The van der Waals surface area contributed by atoms with Crippen molar-refractivity contribution < 1.29 is 14.2 Å². The first kappa shape index (κ1) is 32.0. The molecule has 49 heavy (non-hydrogen) atoms. The van der Waals surface area contributed by atoms with Crippen molar-refractivity contribution in [2.75, 3.05) is 49.2 Å². The lowest BCUT2D eigenvalue weighted by molar-refractivity contribution is -0.191. The molecule has 0 radical (unpaired) electrons. The highest BCUT2D eigenvalue weighted by molar-refractivity contribution is 5.53. The Labute approximate surface area is 283 Å². The van der Waals surface area contributed by atoms with Gasteiger partial charge in [0.15, 0.2) is 0 Å². The second-order valence-electron chi connectivity index (χ2n) is 12.2. The Kier molecular flexibility index (Phi) is 9.10. The molecule has 7 rings (SSSR count). The molecular formula is C35H38N10O4. The van der Waals surface area contributed by atoms with Gasteiger partial charge in [-0.05, 0) is 72.3 Å². The van der Waals surface area contributed by atoms with Gasteiger partial charge in [0.05, 0.1) is 24.5 Å². The summed E-state index contributed by atoms with van der Waals surface area (Å²) in [5.41, 5.74) is 3.38. The van der Waals surface area contributed by atoms with Crippen molar-refractivity contribution in [3.63, 3.8) is 0 Å². The van der Waals surface area contributed by atoms with Crippen LogP contribution >= 0.6 is 0 Å². The average molecular weight is 663 g/mol. The zero-order valence-electron chi connectivity index (χ0n) is 27.5. The molecule has 5 aromatic rings. The number of nitrogens with zero attached hydrogens (tertiary/aromatic N) is 10. The summed E-state index contributed by atoms with van der Waals surface area (Å²) in [6.07, 6.45) is 10.9. The standard InChI is InChI=1S/C35H38N10O4/c1-4-26(3)45-34(46)44(25-38-45)30-12-10-29(11-13-30)41-16-18-42(19-17-41)33-15-14-31(20-36-33)47-21-32-22-48-35(49-32,23-43-24-37-39-40-43)28-8-6-27(5-2)7-9-28/h2,6-15,20,24-26,32H,4,16-19,21-23H2,1,3H3/t26?,32-,35-/m1/s1. The second kappa shape index (κ2) is 13.9. The number of piperazine rings is 1. The Morgan fingerprint density at radius 3 is 2.43 bits per heavy atom. The lowest BCUT2D eigenvalue weighted by Crippen LogP contribution is -2.46. The third-order valence-corrected chi connectivity index (χ3v) is 9.07. The monoisotopic (exact) mass is 662 g/mol. The van der Waals surface area contributed by atoms with Crippen molar-refractivity contribution in [3.05, 3.63) is 101 Å². The second-order valence-corrected chi connectivity index (χ2v) is 12.2. The fourth-order valence-electron chi connectivity index (χ4n) is 6.08. The van der Waals surface area contributed by atoms with E-state index in [2.05, 4.69) is 48.5 Å². The molecule has 5 heterocycles. The molecule has 2 aliphatic rings. The highest BCUT2D eigenvalue weighted by Crippen LogP contribution is 2.36. The number of hydrogen-bond donors (Lipinski definition) is 0. The van der Waals surface area contributed by atoms with E-state index in [9.17, 15) is 4.79 Å². The van der Waals surface area contributed by atoms with Crippen LogP contribution in [0.15, 0.2) is 84.3 Å². The SMILES string of the molecule is C#Cc1ccc([C@]2(Cn3cnnn3)OC[C@@H](COc3ccc(N4CCN(c5ccc(-n6cnn(C(C)CC)c6=O)cc5)CC4)nc3)O2)cc1. The molecular weight excluding hydrogens is 624 g/mol. The summed E-state index contributed by atoms with van der Waals surface area (Å²) in [6.45, 7) is 8.28. The van der Waals surface area contributed by atoms with E-state index in [4.69, 9.17) is 25.6 Å². The third-order valence-electron chi connectivity index (χ3n) is 9.07. The smallest absolute Gasteiger partial charge is 0.350 e. The first-order valence-electron chi connectivity index (χ1n) is 16.4. The van der Waals surface area contributed by atoms with Gasteiger partial charge in [-0.3, -0.25) is 0 Å². The van der Waals surface area contributed by atoms with Crippen LogP contribution in [-0.4, -0.2) is 85.0 Å². The topological polar surface area (TPSA) is 130 Å². The van der Waals surface area contributed by atoms with E-state index in [1.807, 2.05) is 62.4 Å². The molecule has 0 spiro atoms. The van der Waals surface area contributed by atoms with Crippen LogP contribution in [0.3, 0.4) is 0 Å². The number of hydrogen-bond acceptors (Lipinski definition) is 11. The van der Waals surface area contributed by atoms with E-state index in [-0.39, 0.29) is 31.0 Å². The van der Waals surface area contributed by atoms with Gasteiger partial charge in [0.2, 0.25) is 5.79 Å². The van der Waals surface area contributed by atoms with Crippen LogP contribution in [0.1, 0.15) is 37.4 Å². The molecule has 0 bridgehead atoms. The molecule has 3 atom stereocenters. The molecule has 3 aromatic heterocycles. The number of anilines is 2. The van der Waals surface area contributed by atoms with Gasteiger partial charge in [0, 0.05) is 43.0 Å². The summed E-state index contributed by atoms with van der Waals surface area (Å²) < 4.78 is 23.5. The van der Waals surface area contributed by atoms with Gasteiger partial charge >= 0.3 is 5.69 Å². The van der Waals surface area contributed by atoms with E-state index < -0.39 is 5.79 Å². The molecule has 0 aliphatic carbocycles. The van der Waals surface area contributed by atoms with Gasteiger partial charge in [-0.15, -0.1) is 11.5 Å². The summed E-state index contributed by atoms with van der Waals surface area (Å²) in [6, 6.07) is 19.6. The van der Waals surface area contributed by atoms with E-state index in [1.54, 1.807) is 21.8 Å². The van der Waals surface area contributed by atoms with Crippen molar-refractivity contribution in [1.29, 1.82) is 0 Å². The Morgan fingerprint density at radius 2 is 1.76 bits per heavy atom. The summed E-state index contributed by atoms with van der Waals surface area (Å²) in [4.78, 5) is 22.1.